The summed E-state index contributed by atoms with van der Waals surface area (Å²) in [6.45, 7) is 0.939. The van der Waals surface area contributed by atoms with Crippen LogP contribution >= 0.6 is 0 Å². The van der Waals surface area contributed by atoms with Crippen molar-refractivity contribution in [2.45, 2.75) is 6.42 Å². The van der Waals surface area contributed by atoms with E-state index in [2.05, 4.69) is 10.6 Å². The number of benzene rings is 1. The van der Waals surface area contributed by atoms with E-state index in [0.717, 1.165) is 12.0 Å². The Hall–Kier alpha value is -1.95. The van der Waals surface area contributed by atoms with Crippen molar-refractivity contribution >= 4 is 11.6 Å². The van der Waals surface area contributed by atoms with Gasteiger partial charge in [0.15, 0.2) is 0 Å². The molecule has 6 nitrogen and oxygen atoms in total. The molecule has 0 unspecified atom stereocenters. The number of rotatable bonds is 6. The molecule has 2 N–H and O–H groups in total. The number of nitro benzene ring substituents is 1. The van der Waals surface area contributed by atoms with Gasteiger partial charge in [0.1, 0.15) is 0 Å². The first-order valence-electron chi connectivity index (χ1n) is 5.28. The second-order valence-electron chi connectivity index (χ2n) is 3.52. The average Bonchev–Trinajstić information content (AvgIpc) is 2.34. The van der Waals surface area contributed by atoms with Gasteiger partial charge >= 0.3 is 0 Å². The first-order valence-corrected chi connectivity index (χ1v) is 5.28. The maximum Gasteiger partial charge on any atom is 0.269 e. The molecule has 0 bridgehead atoms. The fourth-order valence-corrected chi connectivity index (χ4v) is 1.31. The molecule has 92 valence electrons. The van der Waals surface area contributed by atoms with Gasteiger partial charge in [-0.25, -0.2) is 0 Å². The van der Waals surface area contributed by atoms with Gasteiger partial charge in [0.2, 0.25) is 5.91 Å². The number of carbonyl (C=O) groups excluding carboxylic acids is 1. The van der Waals surface area contributed by atoms with Crippen LogP contribution in [0.25, 0.3) is 0 Å². The van der Waals surface area contributed by atoms with Crippen LogP contribution in [0, 0.1) is 10.1 Å². The van der Waals surface area contributed by atoms with Crippen LogP contribution in [0.2, 0.25) is 0 Å². The number of non-ortho nitro benzene ring substituents is 1. The summed E-state index contributed by atoms with van der Waals surface area (Å²) < 4.78 is 0. The van der Waals surface area contributed by atoms with Gasteiger partial charge in [-0.1, -0.05) is 12.1 Å². The van der Waals surface area contributed by atoms with Crippen molar-refractivity contribution in [3.63, 3.8) is 0 Å². The van der Waals surface area contributed by atoms with Crippen molar-refractivity contribution in [2.75, 3.05) is 20.1 Å². The summed E-state index contributed by atoms with van der Waals surface area (Å²) in [7, 11) is 1.58. The topological polar surface area (TPSA) is 84.3 Å². The van der Waals surface area contributed by atoms with E-state index in [4.69, 9.17) is 0 Å². The SMILES string of the molecule is CNC(=O)CNCCc1ccc([N+](=O)[O-])cc1. The van der Waals surface area contributed by atoms with E-state index in [1.807, 2.05) is 0 Å². The molecular weight excluding hydrogens is 222 g/mol. The minimum Gasteiger partial charge on any atom is -0.358 e. The number of nitrogens with zero attached hydrogens (tertiary/aromatic N) is 1. The third kappa shape index (κ3) is 4.60. The molecule has 1 rings (SSSR count). The van der Waals surface area contributed by atoms with Gasteiger partial charge in [0, 0.05) is 19.2 Å². The number of nitro groups is 1. The van der Waals surface area contributed by atoms with Crippen LogP contribution < -0.4 is 10.6 Å². The molecule has 6 heteroatoms. The Labute approximate surface area is 99.2 Å². The number of carbonyl (C=O) groups is 1. The first kappa shape index (κ1) is 13.1. The van der Waals surface area contributed by atoms with Gasteiger partial charge in [-0.15, -0.1) is 0 Å². The number of hydrogen-bond donors (Lipinski definition) is 2. The standard InChI is InChI=1S/C11H15N3O3/c1-12-11(15)8-13-7-6-9-2-4-10(5-3-9)14(16)17/h2-5,13H,6-8H2,1H3,(H,12,15). The normalized spacial score (nSPS) is 9.94. The summed E-state index contributed by atoms with van der Waals surface area (Å²) >= 11 is 0. The third-order valence-electron chi connectivity index (χ3n) is 2.30. The molecule has 0 atom stereocenters. The van der Waals surface area contributed by atoms with E-state index in [1.54, 1.807) is 19.2 Å². The van der Waals surface area contributed by atoms with Crippen molar-refractivity contribution in [1.82, 2.24) is 10.6 Å². The smallest absolute Gasteiger partial charge is 0.269 e. The van der Waals surface area contributed by atoms with Gasteiger partial charge in [0.25, 0.3) is 5.69 Å². The maximum atomic E-state index is 10.9. The largest absolute Gasteiger partial charge is 0.358 e. The molecule has 1 aromatic rings. The molecule has 0 radical (unpaired) electrons. The molecule has 0 saturated heterocycles. The van der Waals surface area contributed by atoms with Crippen molar-refractivity contribution < 1.29 is 9.72 Å². The number of amides is 1. The second kappa shape index (κ2) is 6.59. The average molecular weight is 237 g/mol. The summed E-state index contributed by atoms with van der Waals surface area (Å²) in [6.07, 6.45) is 0.731. The molecule has 1 amide bonds. The Kier molecular flexibility index (Phi) is 5.09. The van der Waals surface area contributed by atoms with E-state index in [0.29, 0.717) is 6.54 Å². The fraction of sp³-hybridized carbons (Fsp3) is 0.364. The lowest BCUT2D eigenvalue weighted by atomic mass is 10.1. The summed E-state index contributed by atoms with van der Waals surface area (Å²) in [5, 5.41) is 15.9. The number of likely N-dealkylation sites (N-methyl/N-ethyl adjacent to an activating group) is 1. The van der Waals surface area contributed by atoms with E-state index in [1.165, 1.54) is 12.1 Å². The molecule has 0 aliphatic heterocycles. The Bertz CT molecular complexity index is 389. The van der Waals surface area contributed by atoms with Crippen LogP contribution in [0.4, 0.5) is 5.69 Å². The minimum absolute atomic E-state index is 0.0614. The maximum absolute atomic E-state index is 10.9. The van der Waals surface area contributed by atoms with Crippen molar-refractivity contribution in [3.8, 4) is 0 Å². The predicted molar refractivity (Wildman–Crippen MR) is 63.7 cm³/mol. The molecular formula is C11H15N3O3. The van der Waals surface area contributed by atoms with Crippen LogP contribution in [-0.4, -0.2) is 31.0 Å². The van der Waals surface area contributed by atoms with Crippen molar-refractivity contribution in [2.24, 2.45) is 0 Å². The summed E-state index contributed by atoms with van der Waals surface area (Å²) in [5.41, 5.74) is 1.09. The molecule has 17 heavy (non-hydrogen) atoms. The molecule has 0 fully saturated rings. The zero-order chi connectivity index (χ0) is 12.7. The van der Waals surface area contributed by atoms with E-state index < -0.39 is 4.92 Å². The zero-order valence-corrected chi connectivity index (χ0v) is 9.60. The summed E-state index contributed by atoms with van der Waals surface area (Å²) in [6, 6.07) is 6.40. The highest BCUT2D eigenvalue weighted by molar-refractivity contribution is 5.77. The van der Waals surface area contributed by atoms with E-state index >= 15 is 0 Å². The Morgan fingerprint density at radius 3 is 2.53 bits per heavy atom. The molecule has 0 heterocycles. The van der Waals surface area contributed by atoms with Gasteiger partial charge in [-0.2, -0.15) is 0 Å². The highest BCUT2D eigenvalue weighted by Crippen LogP contribution is 2.11. The molecule has 0 saturated carbocycles. The monoisotopic (exact) mass is 237 g/mol. The van der Waals surface area contributed by atoms with E-state index in [9.17, 15) is 14.9 Å². The number of hydrogen-bond acceptors (Lipinski definition) is 4. The molecule has 0 spiro atoms. The molecule has 0 aromatic heterocycles. The fourth-order valence-electron chi connectivity index (χ4n) is 1.31. The Balaban J connectivity index is 2.32. The Morgan fingerprint density at radius 1 is 1.35 bits per heavy atom. The third-order valence-corrected chi connectivity index (χ3v) is 2.30. The predicted octanol–water partition coefficient (Wildman–Crippen LogP) is 0.473. The lowest BCUT2D eigenvalue weighted by Crippen LogP contribution is -2.32. The van der Waals surface area contributed by atoms with Crippen LogP contribution in [0.15, 0.2) is 24.3 Å². The minimum atomic E-state index is -0.423. The van der Waals surface area contributed by atoms with Gasteiger partial charge < -0.3 is 10.6 Å². The van der Waals surface area contributed by atoms with Crippen LogP contribution in [-0.2, 0) is 11.2 Å². The van der Waals surface area contributed by atoms with Crippen LogP contribution in [0.3, 0.4) is 0 Å². The number of nitrogens with one attached hydrogen (secondary N) is 2. The highest BCUT2D eigenvalue weighted by Gasteiger charge is 2.03. The van der Waals surface area contributed by atoms with Crippen molar-refractivity contribution in [1.29, 1.82) is 0 Å². The van der Waals surface area contributed by atoms with E-state index in [-0.39, 0.29) is 18.1 Å². The zero-order valence-electron chi connectivity index (χ0n) is 9.60. The lowest BCUT2D eigenvalue weighted by molar-refractivity contribution is -0.384. The van der Waals surface area contributed by atoms with Crippen LogP contribution in [0.1, 0.15) is 5.56 Å². The lowest BCUT2D eigenvalue weighted by Gasteiger charge is -2.03. The molecule has 0 aliphatic rings. The highest BCUT2D eigenvalue weighted by atomic mass is 16.6. The molecule has 1 aromatic carbocycles. The Morgan fingerprint density at radius 2 is 2.00 bits per heavy atom. The second-order valence-corrected chi connectivity index (χ2v) is 3.52. The van der Waals surface area contributed by atoms with Crippen LogP contribution in [0.5, 0.6) is 0 Å². The summed E-state index contributed by atoms with van der Waals surface area (Å²) in [4.78, 5) is 20.9. The van der Waals surface area contributed by atoms with Gasteiger partial charge in [-0.05, 0) is 18.5 Å². The molecule has 0 aliphatic carbocycles. The quantitative estimate of drug-likeness (QED) is 0.428. The first-order chi connectivity index (χ1) is 8.13. The summed E-state index contributed by atoms with van der Waals surface area (Å²) in [5.74, 6) is -0.0614. The van der Waals surface area contributed by atoms with Crippen molar-refractivity contribution in [3.05, 3.63) is 39.9 Å². The van der Waals surface area contributed by atoms with Gasteiger partial charge in [-0.3, -0.25) is 14.9 Å². The van der Waals surface area contributed by atoms with Gasteiger partial charge in [0.05, 0.1) is 11.5 Å².